The SMILES string of the molecule is COc1cccc2c(NCC(C)(C)CCCN)nccc12. The minimum atomic E-state index is 0.197. The fourth-order valence-electron chi connectivity index (χ4n) is 2.49. The quantitative estimate of drug-likeness (QED) is 0.819. The second-order valence-electron chi connectivity index (χ2n) is 6.12. The first-order valence-electron chi connectivity index (χ1n) is 7.43. The zero-order chi connectivity index (χ0) is 15.3. The van der Waals surface area contributed by atoms with E-state index < -0.39 is 0 Å². The number of anilines is 1. The Morgan fingerprint density at radius 3 is 2.76 bits per heavy atom. The van der Waals surface area contributed by atoms with E-state index in [2.05, 4.69) is 30.2 Å². The largest absolute Gasteiger partial charge is 0.496 e. The smallest absolute Gasteiger partial charge is 0.133 e. The molecule has 0 amide bonds. The molecule has 1 aromatic heterocycles. The molecule has 0 aliphatic carbocycles. The lowest BCUT2D eigenvalue weighted by Crippen LogP contribution is -2.24. The van der Waals surface area contributed by atoms with Gasteiger partial charge in [-0.25, -0.2) is 4.98 Å². The number of pyridine rings is 1. The second-order valence-corrected chi connectivity index (χ2v) is 6.12. The number of ether oxygens (including phenoxy) is 1. The molecule has 0 spiro atoms. The molecule has 2 aromatic rings. The van der Waals surface area contributed by atoms with E-state index >= 15 is 0 Å². The minimum absolute atomic E-state index is 0.197. The third-order valence-corrected chi connectivity index (χ3v) is 3.78. The van der Waals surface area contributed by atoms with Gasteiger partial charge in [0.1, 0.15) is 11.6 Å². The summed E-state index contributed by atoms with van der Waals surface area (Å²) in [5.41, 5.74) is 5.80. The number of nitrogens with one attached hydrogen (secondary N) is 1. The van der Waals surface area contributed by atoms with Crippen LogP contribution in [0.25, 0.3) is 10.8 Å². The molecule has 3 N–H and O–H groups in total. The number of nitrogens with zero attached hydrogens (tertiary/aromatic N) is 1. The van der Waals surface area contributed by atoms with Crippen LogP contribution in [-0.4, -0.2) is 25.2 Å². The van der Waals surface area contributed by atoms with Crippen LogP contribution in [0.4, 0.5) is 5.82 Å². The van der Waals surface area contributed by atoms with Crippen molar-refractivity contribution in [3.63, 3.8) is 0 Å². The van der Waals surface area contributed by atoms with Gasteiger partial charge < -0.3 is 15.8 Å². The van der Waals surface area contributed by atoms with Crippen LogP contribution in [0.2, 0.25) is 0 Å². The molecular weight excluding hydrogens is 262 g/mol. The average Bonchev–Trinajstić information content (AvgIpc) is 2.50. The molecule has 0 fully saturated rings. The van der Waals surface area contributed by atoms with Gasteiger partial charge in [0.05, 0.1) is 7.11 Å². The van der Waals surface area contributed by atoms with Gasteiger partial charge in [-0.05, 0) is 36.9 Å². The molecular formula is C17H25N3O. The van der Waals surface area contributed by atoms with Crippen molar-refractivity contribution in [1.82, 2.24) is 4.98 Å². The van der Waals surface area contributed by atoms with Crippen LogP contribution in [0, 0.1) is 5.41 Å². The van der Waals surface area contributed by atoms with E-state index in [0.717, 1.165) is 48.3 Å². The zero-order valence-electron chi connectivity index (χ0n) is 13.1. The van der Waals surface area contributed by atoms with Crippen molar-refractivity contribution in [2.45, 2.75) is 26.7 Å². The summed E-state index contributed by atoms with van der Waals surface area (Å²) < 4.78 is 5.41. The van der Waals surface area contributed by atoms with Gasteiger partial charge in [-0.15, -0.1) is 0 Å². The first-order chi connectivity index (χ1) is 10.1. The fraction of sp³-hybridized carbons (Fsp3) is 0.471. The van der Waals surface area contributed by atoms with Crippen molar-refractivity contribution < 1.29 is 4.74 Å². The molecule has 0 bridgehead atoms. The van der Waals surface area contributed by atoms with Crippen LogP contribution >= 0.6 is 0 Å². The van der Waals surface area contributed by atoms with Gasteiger partial charge in [-0.2, -0.15) is 0 Å². The Bertz CT molecular complexity index is 596. The number of aromatic nitrogens is 1. The average molecular weight is 287 g/mol. The molecule has 0 saturated carbocycles. The number of benzene rings is 1. The molecule has 4 heteroatoms. The number of nitrogens with two attached hydrogens (primary N) is 1. The summed E-state index contributed by atoms with van der Waals surface area (Å²) in [6, 6.07) is 8.02. The predicted octanol–water partition coefficient (Wildman–Crippen LogP) is 3.42. The van der Waals surface area contributed by atoms with E-state index in [0.29, 0.717) is 0 Å². The van der Waals surface area contributed by atoms with Gasteiger partial charge in [0.2, 0.25) is 0 Å². The summed E-state index contributed by atoms with van der Waals surface area (Å²) in [5.74, 6) is 1.78. The molecule has 0 radical (unpaired) electrons. The van der Waals surface area contributed by atoms with Crippen LogP contribution < -0.4 is 15.8 Å². The van der Waals surface area contributed by atoms with Crippen molar-refractivity contribution in [3.05, 3.63) is 30.5 Å². The van der Waals surface area contributed by atoms with Gasteiger partial charge in [-0.3, -0.25) is 0 Å². The number of methoxy groups -OCH3 is 1. The lowest BCUT2D eigenvalue weighted by molar-refractivity contribution is 0.350. The summed E-state index contributed by atoms with van der Waals surface area (Å²) in [6.45, 7) is 6.12. The van der Waals surface area contributed by atoms with Gasteiger partial charge in [0.15, 0.2) is 0 Å². The summed E-state index contributed by atoms with van der Waals surface area (Å²) in [4.78, 5) is 4.47. The Labute approximate surface area is 126 Å². The van der Waals surface area contributed by atoms with Crippen molar-refractivity contribution in [1.29, 1.82) is 0 Å². The van der Waals surface area contributed by atoms with Crippen LogP contribution in [0.3, 0.4) is 0 Å². The van der Waals surface area contributed by atoms with Crippen molar-refractivity contribution >= 4 is 16.6 Å². The maximum Gasteiger partial charge on any atom is 0.133 e. The highest BCUT2D eigenvalue weighted by Crippen LogP contribution is 2.30. The molecule has 4 nitrogen and oxygen atoms in total. The Kier molecular flexibility index (Phi) is 5.02. The first kappa shape index (κ1) is 15.6. The highest BCUT2D eigenvalue weighted by molar-refractivity contribution is 5.95. The summed E-state index contributed by atoms with van der Waals surface area (Å²) in [7, 11) is 1.69. The standard InChI is InChI=1S/C17H25N3O/c1-17(2,9-5-10-18)12-20-16-14-6-4-7-15(21-3)13(14)8-11-19-16/h4,6-8,11H,5,9-10,12,18H2,1-3H3,(H,19,20). The van der Waals surface area contributed by atoms with Crippen LogP contribution in [0.5, 0.6) is 5.75 Å². The van der Waals surface area contributed by atoms with Gasteiger partial charge >= 0.3 is 0 Å². The number of hydrogen-bond acceptors (Lipinski definition) is 4. The normalized spacial score (nSPS) is 11.6. The van der Waals surface area contributed by atoms with Gasteiger partial charge in [0, 0.05) is 23.5 Å². The predicted molar refractivity (Wildman–Crippen MR) is 88.9 cm³/mol. The van der Waals surface area contributed by atoms with E-state index in [1.807, 2.05) is 24.4 Å². The Morgan fingerprint density at radius 2 is 2.05 bits per heavy atom. The molecule has 21 heavy (non-hydrogen) atoms. The molecule has 1 aromatic carbocycles. The van der Waals surface area contributed by atoms with Crippen LogP contribution in [0.15, 0.2) is 30.5 Å². The molecule has 0 aliphatic rings. The zero-order valence-corrected chi connectivity index (χ0v) is 13.1. The number of fused-ring (bicyclic) bond motifs is 1. The molecule has 0 unspecified atom stereocenters. The first-order valence-corrected chi connectivity index (χ1v) is 7.43. The number of rotatable bonds is 7. The van der Waals surface area contributed by atoms with E-state index in [9.17, 15) is 0 Å². The Morgan fingerprint density at radius 1 is 1.24 bits per heavy atom. The van der Waals surface area contributed by atoms with E-state index in [1.165, 1.54) is 0 Å². The van der Waals surface area contributed by atoms with Crippen molar-refractivity contribution in [2.75, 3.05) is 25.5 Å². The second kappa shape index (κ2) is 6.76. The third-order valence-electron chi connectivity index (χ3n) is 3.78. The Hall–Kier alpha value is -1.81. The van der Waals surface area contributed by atoms with Crippen LogP contribution in [-0.2, 0) is 0 Å². The van der Waals surface area contributed by atoms with Gasteiger partial charge in [-0.1, -0.05) is 26.0 Å². The molecule has 0 saturated heterocycles. The molecule has 114 valence electrons. The minimum Gasteiger partial charge on any atom is -0.496 e. The summed E-state index contributed by atoms with van der Waals surface area (Å²) in [5, 5.41) is 5.65. The molecule has 2 rings (SSSR count). The monoisotopic (exact) mass is 287 g/mol. The maximum absolute atomic E-state index is 5.60. The molecule has 0 aliphatic heterocycles. The highest BCUT2D eigenvalue weighted by Gasteiger charge is 2.17. The molecule has 1 heterocycles. The summed E-state index contributed by atoms with van der Waals surface area (Å²) >= 11 is 0. The van der Waals surface area contributed by atoms with E-state index in [-0.39, 0.29) is 5.41 Å². The fourth-order valence-corrected chi connectivity index (χ4v) is 2.49. The summed E-state index contributed by atoms with van der Waals surface area (Å²) in [6.07, 6.45) is 3.97. The van der Waals surface area contributed by atoms with Crippen LogP contribution in [0.1, 0.15) is 26.7 Å². The van der Waals surface area contributed by atoms with Gasteiger partial charge in [0.25, 0.3) is 0 Å². The topological polar surface area (TPSA) is 60.2 Å². The van der Waals surface area contributed by atoms with Crippen molar-refractivity contribution in [2.24, 2.45) is 11.1 Å². The lowest BCUT2D eigenvalue weighted by Gasteiger charge is -2.25. The van der Waals surface area contributed by atoms with E-state index in [4.69, 9.17) is 10.5 Å². The maximum atomic E-state index is 5.60. The van der Waals surface area contributed by atoms with Crippen molar-refractivity contribution in [3.8, 4) is 5.75 Å². The molecule has 0 atom stereocenters. The van der Waals surface area contributed by atoms with E-state index in [1.54, 1.807) is 7.11 Å². The number of hydrogen-bond donors (Lipinski definition) is 2. The highest BCUT2D eigenvalue weighted by atomic mass is 16.5. The third kappa shape index (κ3) is 3.85. The Balaban J connectivity index is 2.19. The lowest BCUT2D eigenvalue weighted by atomic mass is 9.88.